The lowest BCUT2D eigenvalue weighted by molar-refractivity contribution is 0.0598. The standard InChI is InChI=1S/C28H25Cl2N3O6.C2H6.CH4/c1-37-20-8-4-17(5-9-20)14-32(15-18-6-10-21(38-2)11-7-18)26-24(28(36)39-3)27(35)33(16-31-26)25-22(29)12-19(34)13-23(25)30;1-2;/h4-13,16,34H,14-15H2,1-3H3;1-2H3;1H4. The van der Waals surface area contributed by atoms with Crippen LogP contribution in [0, 0.1) is 0 Å². The third-order valence-electron chi connectivity index (χ3n) is 5.95. The number of phenolic OH excluding ortho intramolecular Hbond substituents is 1. The third-order valence-corrected chi connectivity index (χ3v) is 6.52. The molecule has 0 amide bonds. The Hall–Kier alpha value is -4.21. The van der Waals surface area contributed by atoms with Crippen LogP contribution < -0.4 is 19.9 Å². The zero-order valence-electron chi connectivity index (χ0n) is 23.4. The number of carbonyl (C=O) groups is 1. The van der Waals surface area contributed by atoms with Gasteiger partial charge in [0.1, 0.15) is 23.6 Å². The van der Waals surface area contributed by atoms with Crippen molar-refractivity contribution >= 4 is 35.0 Å². The third kappa shape index (κ3) is 7.74. The van der Waals surface area contributed by atoms with Crippen molar-refractivity contribution in [1.29, 1.82) is 0 Å². The van der Waals surface area contributed by atoms with E-state index in [0.717, 1.165) is 15.7 Å². The molecule has 1 N–H and O–H groups in total. The highest BCUT2D eigenvalue weighted by molar-refractivity contribution is 6.38. The van der Waals surface area contributed by atoms with Crippen LogP contribution in [0.1, 0.15) is 42.8 Å². The van der Waals surface area contributed by atoms with Crippen LogP contribution in [0.2, 0.25) is 10.0 Å². The predicted octanol–water partition coefficient (Wildman–Crippen LogP) is 6.92. The molecule has 0 aliphatic rings. The summed E-state index contributed by atoms with van der Waals surface area (Å²) in [4.78, 5) is 33.0. The molecule has 0 aliphatic carbocycles. The first-order valence-corrected chi connectivity index (χ1v) is 13.4. The van der Waals surface area contributed by atoms with Crippen LogP contribution in [0.25, 0.3) is 5.69 Å². The number of aromatic hydroxyl groups is 1. The topological polar surface area (TPSA) is 103 Å². The molecule has 0 bridgehead atoms. The lowest BCUT2D eigenvalue weighted by Gasteiger charge is -2.26. The van der Waals surface area contributed by atoms with Gasteiger partial charge in [-0.05, 0) is 35.4 Å². The second kappa shape index (κ2) is 15.7. The number of hydrogen-bond donors (Lipinski definition) is 1. The van der Waals surface area contributed by atoms with Crippen LogP contribution in [-0.2, 0) is 17.8 Å². The van der Waals surface area contributed by atoms with Crippen molar-refractivity contribution in [2.75, 3.05) is 26.2 Å². The average molecular weight is 617 g/mol. The maximum Gasteiger partial charge on any atom is 0.347 e. The molecule has 0 atom stereocenters. The number of nitrogens with zero attached hydrogens (tertiary/aromatic N) is 3. The van der Waals surface area contributed by atoms with Gasteiger partial charge in [-0.15, -0.1) is 0 Å². The number of methoxy groups -OCH3 is 3. The van der Waals surface area contributed by atoms with Crippen LogP contribution in [0.3, 0.4) is 0 Å². The molecule has 9 nitrogen and oxygen atoms in total. The van der Waals surface area contributed by atoms with Gasteiger partial charge in [0.2, 0.25) is 0 Å². The fraction of sp³-hybridized carbons (Fsp3) is 0.258. The Bertz CT molecular complexity index is 1470. The maximum absolute atomic E-state index is 13.7. The molecule has 4 rings (SSSR count). The summed E-state index contributed by atoms with van der Waals surface area (Å²) < 4.78 is 16.6. The summed E-state index contributed by atoms with van der Waals surface area (Å²) in [6.45, 7) is 4.61. The maximum atomic E-state index is 13.7. The summed E-state index contributed by atoms with van der Waals surface area (Å²) in [5, 5.41) is 9.81. The molecular formula is C31H35Cl2N3O6. The Morgan fingerprint density at radius 2 is 1.33 bits per heavy atom. The van der Waals surface area contributed by atoms with Gasteiger partial charge in [-0.3, -0.25) is 9.36 Å². The number of anilines is 1. The van der Waals surface area contributed by atoms with Gasteiger partial charge < -0.3 is 24.2 Å². The summed E-state index contributed by atoms with van der Waals surface area (Å²) in [5.74, 6) is 0.445. The molecular weight excluding hydrogens is 581 g/mol. The molecule has 1 heterocycles. The van der Waals surface area contributed by atoms with E-state index in [1.165, 1.54) is 25.6 Å². The Kier molecular flexibility index (Phi) is 12.7. The number of carbonyl (C=O) groups excluding carboxylic acids is 1. The molecule has 0 spiro atoms. The second-order valence-electron chi connectivity index (χ2n) is 8.42. The van der Waals surface area contributed by atoms with E-state index in [4.69, 9.17) is 37.4 Å². The van der Waals surface area contributed by atoms with E-state index < -0.39 is 11.5 Å². The van der Waals surface area contributed by atoms with Crippen molar-refractivity contribution in [2.45, 2.75) is 34.4 Å². The SMILES string of the molecule is C.CC.COC(=O)c1c(N(Cc2ccc(OC)cc2)Cc2ccc(OC)cc2)ncn(-c2c(Cl)cc(O)cc2Cl)c1=O. The van der Waals surface area contributed by atoms with Crippen LogP contribution >= 0.6 is 23.2 Å². The largest absolute Gasteiger partial charge is 0.508 e. The Labute approximate surface area is 255 Å². The van der Waals surface area contributed by atoms with Gasteiger partial charge in [0.05, 0.1) is 37.1 Å². The van der Waals surface area contributed by atoms with Crippen LogP contribution in [0.4, 0.5) is 5.82 Å². The highest BCUT2D eigenvalue weighted by Crippen LogP contribution is 2.33. The number of esters is 1. The number of phenols is 1. The lowest BCUT2D eigenvalue weighted by Crippen LogP contribution is -2.33. The monoisotopic (exact) mass is 615 g/mol. The van der Waals surface area contributed by atoms with Crippen LogP contribution in [-0.4, -0.2) is 42.0 Å². The molecule has 224 valence electrons. The molecule has 11 heteroatoms. The van der Waals surface area contributed by atoms with Gasteiger partial charge in [0, 0.05) is 25.2 Å². The predicted molar refractivity (Wildman–Crippen MR) is 167 cm³/mol. The van der Waals surface area contributed by atoms with Crippen molar-refractivity contribution in [3.8, 4) is 22.9 Å². The van der Waals surface area contributed by atoms with Gasteiger partial charge in [0.15, 0.2) is 11.4 Å². The first-order chi connectivity index (χ1) is 19.7. The van der Waals surface area contributed by atoms with E-state index in [9.17, 15) is 14.7 Å². The Morgan fingerprint density at radius 1 is 0.881 bits per heavy atom. The van der Waals surface area contributed by atoms with E-state index in [2.05, 4.69) is 4.98 Å². The van der Waals surface area contributed by atoms with Gasteiger partial charge in [-0.25, -0.2) is 9.78 Å². The average Bonchev–Trinajstić information content (AvgIpc) is 2.98. The van der Waals surface area contributed by atoms with Crippen molar-refractivity contribution in [3.63, 3.8) is 0 Å². The van der Waals surface area contributed by atoms with E-state index in [0.29, 0.717) is 24.6 Å². The number of ether oxygens (including phenoxy) is 3. The molecule has 0 saturated heterocycles. The Morgan fingerprint density at radius 3 is 1.74 bits per heavy atom. The van der Waals surface area contributed by atoms with E-state index >= 15 is 0 Å². The minimum Gasteiger partial charge on any atom is -0.508 e. The number of halogens is 2. The Balaban J connectivity index is 0.00000201. The zero-order valence-corrected chi connectivity index (χ0v) is 24.9. The molecule has 3 aromatic carbocycles. The normalized spacial score (nSPS) is 10.1. The summed E-state index contributed by atoms with van der Waals surface area (Å²) in [6.07, 6.45) is 1.24. The highest BCUT2D eigenvalue weighted by atomic mass is 35.5. The molecule has 42 heavy (non-hydrogen) atoms. The first kappa shape index (κ1) is 34.0. The minimum atomic E-state index is -0.877. The van der Waals surface area contributed by atoms with Crippen molar-refractivity contribution in [1.82, 2.24) is 9.55 Å². The molecule has 1 aromatic heterocycles. The zero-order chi connectivity index (χ0) is 30.1. The first-order valence-electron chi connectivity index (χ1n) is 12.6. The minimum absolute atomic E-state index is 0. The summed E-state index contributed by atoms with van der Waals surface area (Å²) in [5.41, 5.74) is 0.798. The van der Waals surface area contributed by atoms with Gasteiger partial charge in [-0.1, -0.05) is 68.7 Å². The highest BCUT2D eigenvalue weighted by Gasteiger charge is 2.26. The molecule has 4 aromatic rings. The number of rotatable bonds is 9. The molecule has 0 unspecified atom stereocenters. The number of aromatic nitrogens is 2. The molecule has 0 fully saturated rings. The van der Waals surface area contributed by atoms with Gasteiger partial charge in [0.25, 0.3) is 5.56 Å². The molecule has 0 radical (unpaired) electrons. The molecule has 0 saturated carbocycles. The van der Waals surface area contributed by atoms with Crippen LogP contribution in [0.15, 0.2) is 71.8 Å². The summed E-state index contributed by atoms with van der Waals surface area (Å²) >= 11 is 12.6. The fourth-order valence-electron chi connectivity index (χ4n) is 4.02. The van der Waals surface area contributed by atoms with Crippen molar-refractivity contribution in [2.24, 2.45) is 0 Å². The van der Waals surface area contributed by atoms with Crippen molar-refractivity contribution < 1.29 is 24.1 Å². The smallest absolute Gasteiger partial charge is 0.347 e. The molecule has 0 aliphatic heterocycles. The summed E-state index contributed by atoms with van der Waals surface area (Å²) in [7, 11) is 4.35. The van der Waals surface area contributed by atoms with E-state index in [-0.39, 0.29) is 40.3 Å². The number of benzene rings is 3. The number of hydrogen-bond acceptors (Lipinski definition) is 8. The van der Waals surface area contributed by atoms with Gasteiger partial charge >= 0.3 is 5.97 Å². The van der Waals surface area contributed by atoms with Crippen LogP contribution in [0.5, 0.6) is 17.2 Å². The quantitative estimate of drug-likeness (QED) is 0.202. The summed E-state index contributed by atoms with van der Waals surface area (Å²) in [6, 6.07) is 17.3. The lowest BCUT2D eigenvalue weighted by atomic mass is 10.1. The fourth-order valence-corrected chi connectivity index (χ4v) is 4.67. The van der Waals surface area contributed by atoms with E-state index in [1.807, 2.05) is 62.4 Å². The van der Waals surface area contributed by atoms with Gasteiger partial charge in [-0.2, -0.15) is 0 Å². The second-order valence-corrected chi connectivity index (χ2v) is 9.23. The van der Waals surface area contributed by atoms with Crippen molar-refractivity contribution in [3.05, 3.63) is 104 Å². The van der Waals surface area contributed by atoms with E-state index in [1.54, 1.807) is 19.1 Å².